The van der Waals surface area contributed by atoms with Crippen molar-refractivity contribution in [3.05, 3.63) is 126 Å². The van der Waals surface area contributed by atoms with E-state index >= 15 is 0 Å². The van der Waals surface area contributed by atoms with Gasteiger partial charge in [-0.1, -0.05) is 0 Å². The molecule has 0 saturated carbocycles. The van der Waals surface area contributed by atoms with Crippen molar-refractivity contribution in [1.29, 1.82) is 0 Å². The van der Waals surface area contributed by atoms with Crippen LogP contribution in [0.3, 0.4) is 0 Å². The van der Waals surface area contributed by atoms with E-state index in [0.29, 0.717) is 7.35 Å². The van der Waals surface area contributed by atoms with Crippen molar-refractivity contribution in [1.82, 2.24) is 0 Å². The summed E-state index contributed by atoms with van der Waals surface area (Å²) in [6.45, 7) is 18.2. The average Bonchev–Trinajstić information content (AvgIpc) is 3.54. The first-order valence-corrected chi connectivity index (χ1v) is 25.3. The number of rotatable bonds is 6. The predicted octanol–water partition coefficient (Wildman–Crippen LogP) is 9.71. The summed E-state index contributed by atoms with van der Waals surface area (Å²) in [5.74, 6) is 0. The molecule has 5 rings (SSSR count). The van der Waals surface area contributed by atoms with Gasteiger partial charge in [-0.05, 0) is 0 Å². The fourth-order valence-electron chi connectivity index (χ4n) is 7.20. The average molecular weight is 667 g/mol. The van der Waals surface area contributed by atoms with E-state index in [4.69, 9.17) is 4.26 Å². The molecular weight excluding hydrogens is 623 g/mol. The summed E-state index contributed by atoms with van der Waals surface area (Å²) >= 11 is -4.46. The Kier molecular flexibility index (Phi) is 6.71. The van der Waals surface area contributed by atoms with E-state index < -0.39 is 18.0 Å². The van der Waals surface area contributed by atoms with Crippen molar-refractivity contribution in [2.24, 2.45) is 0 Å². The number of allylic oxidation sites excluding steroid dienone is 5. The van der Waals surface area contributed by atoms with Gasteiger partial charge in [0.1, 0.15) is 0 Å². The van der Waals surface area contributed by atoms with Crippen LogP contribution in [0.15, 0.2) is 104 Å². The first-order valence-electron chi connectivity index (χ1n) is 14.2. The molecule has 0 unspecified atom stereocenters. The predicted molar refractivity (Wildman–Crippen MR) is 166 cm³/mol. The van der Waals surface area contributed by atoms with Crippen LogP contribution >= 0.6 is 0 Å². The molecule has 0 amide bonds. The first-order chi connectivity index (χ1) is 17.9. The normalized spacial score (nSPS) is 16.1. The second-order valence-corrected chi connectivity index (χ2v) is 35.7. The van der Waals surface area contributed by atoms with Crippen molar-refractivity contribution in [2.45, 2.75) is 70.3 Å². The van der Waals surface area contributed by atoms with Crippen LogP contribution in [0.2, 0.25) is 7.85 Å². The Hall–Kier alpha value is -2.38. The molecule has 2 aliphatic rings. The molecule has 0 spiro atoms. The van der Waals surface area contributed by atoms with E-state index in [1.807, 2.05) is 0 Å². The molecule has 38 heavy (non-hydrogen) atoms. The summed E-state index contributed by atoms with van der Waals surface area (Å²) in [6.07, 6.45) is 12.6. The third-order valence-electron chi connectivity index (χ3n) is 9.50. The molecule has 0 atom stereocenters. The van der Waals surface area contributed by atoms with Gasteiger partial charge in [0.25, 0.3) is 0 Å². The number of hydrogen-bond acceptors (Lipinski definition) is 0. The Bertz CT molecular complexity index is 1420. The second kappa shape index (κ2) is 9.37. The monoisotopic (exact) mass is 668 g/mol. The molecule has 0 aromatic heterocycles. The minimum atomic E-state index is -4.46. The van der Waals surface area contributed by atoms with Crippen LogP contribution in [0, 0.1) is 0 Å². The van der Waals surface area contributed by atoms with Crippen molar-refractivity contribution >= 4 is 7.58 Å². The number of benzene rings is 3. The topological polar surface area (TPSA) is 0 Å². The zero-order valence-electron chi connectivity index (χ0n) is 24.2. The van der Waals surface area contributed by atoms with Gasteiger partial charge in [0.05, 0.1) is 0 Å². The van der Waals surface area contributed by atoms with Crippen LogP contribution < -0.4 is 3.32 Å². The van der Waals surface area contributed by atoms with Crippen LogP contribution in [0.25, 0.3) is 11.1 Å². The number of hydrogen-bond donors (Lipinski definition) is 0. The third-order valence-corrected chi connectivity index (χ3v) is 36.1. The van der Waals surface area contributed by atoms with E-state index in [9.17, 15) is 0 Å². The summed E-state index contributed by atoms with van der Waals surface area (Å²) in [6, 6.07) is 26.1. The van der Waals surface area contributed by atoms with E-state index in [-0.39, 0.29) is 10.8 Å². The van der Waals surface area contributed by atoms with Crippen molar-refractivity contribution in [3.63, 3.8) is 0 Å². The molecule has 1 heteroatoms. The van der Waals surface area contributed by atoms with E-state index in [1.165, 1.54) is 36.7 Å². The summed E-state index contributed by atoms with van der Waals surface area (Å²) in [7, 11) is 0. The van der Waals surface area contributed by atoms with Gasteiger partial charge in [0, 0.05) is 0 Å². The van der Waals surface area contributed by atoms with Gasteiger partial charge in [-0.2, -0.15) is 0 Å². The molecule has 0 aliphatic heterocycles. The van der Waals surface area contributed by atoms with Crippen LogP contribution in [-0.4, -0.2) is 4.26 Å². The summed E-state index contributed by atoms with van der Waals surface area (Å²) in [5, 5.41) is 0. The molecule has 196 valence electrons. The maximum absolute atomic E-state index is 5.62. The Labute approximate surface area is 231 Å². The van der Waals surface area contributed by atoms with E-state index in [1.54, 1.807) is 0 Å². The molecule has 0 N–H and O–H groups in total. The number of fused-ring (bicyclic) bond motifs is 3. The van der Waals surface area contributed by atoms with Gasteiger partial charge in [-0.15, -0.1) is 0 Å². The van der Waals surface area contributed by atoms with Crippen molar-refractivity contribution in [2.75, 3.05) is 0 Å². The third kappa shape index (κ3) is 4.17. The molecule has 2 aliphatic carbocycles. The van der Waals surface area contributed by atoms with E-state index in [2.05, 4.69) is 145 Å². The van der Waals surface area contributed by atoms with Gasteiger partial charge < -0.3 is 0 Å². The molecule has 0 saturated heterocycles. The van der Waals surface area contributed by atoms with Crippen LogP contribution in [0.1, 0.15) is 73.9 Å². The van der Waals surface area contributed by atoms with Gasteiger partial charge in [-0.25, -0.2) is 0 Å². The molecule has 0 heterocycles. The Morgan fingerprint density at radius 2 is 1.24 bits per heavy atom. The summed E-state index contributed by atoms with van der Waals surface area (Å²) in [5.41, 5.74) is 8.81. The standard InChI is InChI=1S/C21H25.C6H5.C5H5.C4H7.CH2.Hf/c1-20(2,3)16-7-9-18-14(12-16)11-15-13-17(21(4,5)6)8-10-19(15)18;1-2-4-6-5-3-1;1-2-4-5-3-1;1-3-4-2;;/h7-13H,1-6H3;1-5H;1-5H;3H,1-2,4H2;1H2;. The Balaban J connectivity index is 1.94. The van der Waals surface area contributed by atoms with Crippen LogP contribution in [-0.2, 0) is 28.8 Å². The van der Waals surface area contributed by atoms with Crippen LogP contribution in [0.5, 0.6) is 0 Å². The van der Waals surface area contributed by atoms with Gasteiger partial charge >= 0.3 is 233 Å². The zero-order valence-corrected chi connectivity index (χ0v) is 27.8. The molecule has 3 aromatic carbocycles. The van der Waals surface area contributed by atoms with Gasteiger partial charge in [-0.3, -0.25) is 0 Å². The maximum atomic E-state index is 5.62. The Morgan fingerprint density at radius 1 is 0.737 bits per heavy atom. The SMILES string of the molecule is C=CC[CH2][Hf](=[CH2])([c]1ccccc1)([CH]1C=CC=C1)[CH]1c2cc(C(C)(C)C)ccc2-c2ccc(C(C)(C)C)cc21. The molecule has 0 fully saturated rings. The molecule has 0 bridgehead atoms. The summed E-state index contributed by atoms with van der Waals surface area (Å²) < 4.78 is 8.93. The molecule has 0 nitrogen and oxygen atoms in total. The van der Waals surface area contributed by atoms with Crippen LogP contribution in [0.4, 0.5) is 0 Å². The van der Waals surface area contributed by atoms with Crippen molar-refractivity contribution < 1.29 is 18.0 Å². The fourth-order valence-corrected chi connectivity index (χ4v) is 32.9. The van der Waals surface area contributed by atoms with Gasteiger partial charge in [0.15, 0.2) is 0 Å². The fraction of sp³-hybridized carbons (Fsp3) is 0.324. The second-order valence-electron chi connectivity index (χ2n) is 13.9. The molecular formula is C37H44Hf. The molecule has 0 radical (unpaired) electrons. The first kappa shape index (κ1) is 27.2. The Morgan fingerprint density at radius 3 is 1.68 bits per heavy atom. The zero-order chi connectivity index (χ0) is 27.4. The minimum absolute atomic E-state index is 0.0829. The summed E-state index contributed by atoms with van der Waals surface area (Å²) in [4.78, 5) is 0. The molecule has 3 aromatic rings. The van der Waals surface area contributed by atoms with E-state index in [0.717, 1.165) is 10.6 Å². The van der Waals surface area contributed by atoms with Crippen molar-refractivity contribution in [3.8, 4) is 11.1 Å². The van der Waals surface area contributed by atoms with Gasteiger partial charge in [0.2, 0.25) is 0 Å². The quantitative estimate of drug-likeness (QED) is 0.182.